The number of anilines is 2. The first-order chi connectivity index (χ1) is 11.6. The largest absolute Gasteiger partial charge is 0.363 e. The number of rotatable bonds is 5. The summed E-state index contributed by atoms with van der Waals surface area (Å²) in [6.45, 7) is 2.23. The van der Waals surface area contributed by atoms with E-state index < -0.39 is 0 Å². The predicted molar refractivity (Wildman–Crippen MR) is 99.0 cm³/mol. The van der Waals surface area contributed by atoms with E-state index in [4.69, 9.17) is 0 Å². The number of hydrogen-bond donors (Lipinski definition) is 2. The molecule has 0 saturated carbocycles. The molecule has 1 aliphatic carbocycles. The molecular weight excluding hydrogens is 362 g/mol. The fourth-order valence-electron chi connectivity index (χ4n) is 2.62. The number of hydrogen-bond acceptors (Lipinski definition) is 8. The van der Waals surface area contributed by atoms with Crippen molar-refractivity contribution in [2.75, 3.05) is 23.4 Å². The van der Waals surface area contributed by atoms with Gasteiger partial charge in [0.2, 0.25) is 11.0 Å². The lowest BCUT2D eigenvalue weighted by Crippen LogP contribution is -2.14. The van der Waals surface area contributed by atoms with E-state index in [0.717, 1.165) is 34.3 Å². The van der Waals surface area contributed by atoms with E-state index in [1.807, 2.05) is 0 Å². The molecule has 0 unspecified atom stereocenters. The molecule has 0 spiro atoms. The van der Waals surface area contributed by atoms with Crippen molar-refractivity contribution in [3.8, 4) is 6.07 Å². The Labute approximate surface area is 152 Å². The first-order valence-corrected chi connectivity index (χ1v) is 10.2. The van der Waals surface area contributed by atoms with Crippen molar-refractivity contribution in [3.63, 3.8) is 0 Å². The Morgan fingerprint density at radius 3 is 3.00 bits per heavy atom. The molecule has 2 N–H and O–H groups in total. The average Bonchev–Trinajstić information content (AvgIpc) is 3.16. The number of carbonyl (C=O) groups excluding carboxylic acids is 1. The molecule has 2 heterocycles. The van der Waals surface area contributed by atoms with Gasteiger partial charge in [0, 0.05) is 11.9 Å². The van der Waals surface area contributed by atoms with Crippen molar-refractivity contribution in [1.82, 2.24) is 10.2 Å². The van der Waals surface area contributed by atoms with Gasteiger partial charge in [0.25, 0.3) is 0 Å². The van der Waals surface area contributed by atoms with Gasteiger partial charge in [0.05, 0.1) is 11.3 Å². The standard InChI is InChI=1S/C15H17N5OS3/c1-8-3-4-9-10(6-16)13(23-11(9)5-8)18-12(21)7-22-15-20-19-14(17-2)24-15/h8H,3-5,7H2,1-2H3,(H,17,19)(H,18,21)/t8-/m0/s1. The number of thioether (sulfide) groups is 1. The molecule has 1 amide bonds. The molecule has 0 radical (unpaired) electrons. The normalized spacial score (nSPS) is 16.3. The maximum atomic E-state index is 12.2. The summed E-state index contributed by atoms with van der Waals surface area (Å²) in [7, 11) is 1.78. The molecule has 0 bridgehead atoms. The summed E-state index contributed by atoms with van der Waals surface area (Å²) in [5, 5.41) is 24.6. The first-order valence-electron chi connectivity index (χ1n) is 7.59. The number of thiophene rings is 1. The van der Waals surface area contributed by atoms with Crippen LogP contribution in [-0.2, 0) is 17.6 Å². The Kier molecular flexibility index (Phi) is 5.38. The molecule has 0 fully saturated rings. The summed E-state index contributed by atoms with van der Waals surface area (Å²) < 4.78 is 0.745. The number of fused-ring (bicyclic) bond motifs is 1. The molecule has 9 heteroatoms. The van der Waals surface area contributed by atoms with Crippen LogP contribution in [0.1, 0.15) is 29.3 Å². The number of amides is 1. The summed E-state index contributed by atoms with van der Waals surface area (Å²) in [6, 6.07) is 2.27. The van der Waals surface area contributed by atoms with Gasteiger partial charge in [-0.1, -0.05) is 30.0 Å². The van der Waals surface area contributed by atoms with E-state index in [1.54, 1.807) is 18.4 Å². The molecule has 0 aromatic carbocycles. The summed E-state index contributed by atoms with van der Waals surface area (Å²) >= 11 is 4.31. The lowest BCUT2D eigenvalue weighted by Gasteiger charge is -2.17. The van der Waals surface area contributed by atoms with E-state index in [2.05, 4.69) is 33.8 Å². The first kappa shape index (κ1) is 17.2. The van der Waals surface area contributed by atoms with Crippen molar-refractivity contribution in [1.29, 1.82) is 5.26 Å². The minimum Gasteiger partial charge on any atom is -0.363 e. The van der Waals surface area contributed by atoms with Crippen molar-refractivity contribution in [2.45, 2.75) is 30.5 Å². The van der Waals surface area contributed by atoms with E-state index in [9.17, 15) is 10.1 Å². The third-order valence-electron chi connectivity index (χ3n) is 3.82. The quantitative estimate of drug-likeness (QED) is 0.774. The second-order valence-corrected chi connectivity index (χ2v) is 8.93. The van der Waals surface area contributed by atoms with Crippen molar-refractivity contribution < 1.29 is 4.79 Å². The molecule has 2 aromatic rings. The fraction of sp³-hybridized carbons (Fsp3) is 0.467. The zero-order valence-corrected chi connectivity index (χ0v) is 15.8. The molecular formula is C15H17N5OS3. The fourth-order valence-corrected chi connectivity index (χ4v) is 5.50. The Balaban J connectivity index is 1.65. The van der Waals surface area contributed by atoms with Crippen LogP contribution in [0.2, 0.25) is 0 Å². The van der Waals surface area contributed by atoms with Gasteiger partial charge < -0.3 is 10.6 Å². The van der Waals surface area contributed by atoms with Crippen LogP contribution >= 0.6 is 34.4 Å². The van der Waals surface area contributed by atoms with Gasteiger partial charge in [0.15, 0.2) is 4.34 Å². The van der Waals surface area contributed by atoms with Gasteiger partial charge in [-0.25, -0.2) is 0 Å². The number of nitrogens with one attached hydrogen (secondary N) is 2. The number of nitriles is 1. The van der Waals surface area contributed by atoms with Gasteiger partial charge in [-0.3, -0.25) is 4.79 Å². The van der Waals surface area contributed by atoms with Crippen molar-refractivity contribution in [2.24, 2.45) is 5.92 Å². The van der Waals surface area contributed by atoms with Crippen LogP contribution in [0.4, 0.5) is 10.1 Å². The molecule has 126 valence electrons. The average molecular weight is 380 g/mol. The van der Waals surface area contributed by atoms with Crippen LogP contribution in [0.15, 0.2) is 4.34 Å². The van der Waals surface area contributed by atoms with E-state index in [-0.39, 0.29) is 11.7 Å². The van der Waals surface area contributed by atoms with E-state index in [1.165, 1.54) is 28.0 Å². The minimum absolute atomic E-state index is 0.121. The highest BCUT2D eigenvalue weighted by Crippen LogP contribution is 2.39. The van der Waals surface area contributed by atoms with Gasteiger partial charge >= 0.3 is 0 Å². The summed E-state index contributed by atoms with van der Waals surface area (Å²) in [5.41, 5.74) is 1.78. The van der Waals surface area contributed by atoms with Crippen molar-refractivity contribution >= 4 is 50.5 Å². The highest BCUT2D eigenvalue weighted by Gasteiger charge is 2.24. The van der Waals surface area contributed by atoms with E-state index >= 15 is 0 Å². The maximum absolute atomic E-state index is 12.2. The van der Waals surface area contributed by atoms with E-state index in [0.29, 0.717) is 16.5 Å². The zero-order chi connectivity index (χ0) is 17.1. The van der Waals surface area contributed by atoms with Crippen LogP contribution in [0.3, 0.4) is 0 Å². The zero-order valence-electron chi connectivity index (χ0n) is 13.4. The molecule has 1 aliphatic rings. The molecule has 24 heavy (non-hydrogen) atoms. The van der Waals surface area contributed by atoms with Crippen LogP contribution in [-0.4, -0.2) is 28.9 Å². The Hall–Kier alpha value is -1.63. The Morgan fingerprint density at radius 1 is 1.46 bits per heavy atom. The molecule has 1 atom stereocenters. The second kappa shape index (κ2) is 7.51. The molecule has 0 saturated heterocycles. The lowest BCUT2D eigenvalue weighted by atomic mass is 9.89. The number of nitrogens with zero attached hydrogens (tertiary/aromatic N) is 3. The van der Waals surface area contributed by atoms with Crippen molar-refractivity contribution in [3.05, 3.63) is 16.0 Å². The van der Waals surface area contributed by atoms with Crippen LogP contribution in [0.25, 0.3) is 0 Å². The summed E-state index contributed by atoms with van der Waals surface area (Å²) in [6.07, 6.45) is 3.03. The monoisotopic (exact) mass is 379 g/mol. The third-order valence-corrected chi connectivity index (χ3v) is 7.07. The van der Waals surface area contributed by atoms with Crippen LogP contribution in [0.5, 0.6) is 0 Å². The Bertz CT molecular complexity index is 792. The van der Waals surface area contributed by atoms with Gasteiger partial charge in [-0.15, -0.1) is 21.5 Å². The predicted octanol–water partition coefficient (Wildman–Crippen LogP) is 3.37. The highest BCUT2D eigenvalue weighted by atomic mass is 32.2. The molecule has 2 aromatic heterocycles. The topological polar surface area (TPSA) is 90.7 Å². The smallest absolute Gasteiger partial charge is 0.235 e. The van der Waals surface area contributed by atoms with Gasteiger partial charge in [0.1, 0.15) is 11.1 Å². The molecule has 3 rings (SSSR count). The third kappa shape index (κ3) is 3.71. The van der Waals surface area contributed by atoms with Crippen LogP contribution < -0.4 is 10.6 Å². The highest BCUT2D eigenvalue weighted by molar-refractivity contribution is 8.01. The Morgan fingerprint density at radius 2 is 2.29 bits per heavy atom. The minimum atomic E-state index is -0.121. The number of aromatic nitrogens is 2. The summed E-state index contributed by atoms with van der Waals surface area (Å²) in [5.74, 6) is 0.771. The van der Waals surface area contributed by atoms with Gasteiger partial charge in [-0.05, 0) is 30.7 Å². The summed E-state index contributed by atoms with van der Waals surface area (Å²) in [4.78, 5) is 13.5. The second-order valence-electron chi connectivity index (χ2n) is 5.63. The van der Waals surface area contributed by atoms with Crippen LogP contribution in [0, 0.1) is 17.2 Å². The lowest BCUT2D eigenvalue weighted by molar-refractivity contribution is -0.113. The maximum Gasteiger partial charge on any atom is 0.235 e. The number of carbonyl (C=O) groups is 1. The van der Waals surface area contributed by atoms with Gasteiger partial charge in [-0.2, -0.15) is 5.26 Å². The molecule has 6 nitrogen and oxygen atoms in total. The SMILES string of the molecule is CNc1nnc(SCC(=O)Nc2sc3c(c2C#N)CC[C@H](C)C3)s1. The molecule has 0 aliphatic heterocycles.